The second kappa shape index (κ2) is 4.22. The van der Waals surface area contributed by atoms with Gasteiger partial charge in [0.2, 0.25) is 0 Å². The molecule has 4 nitrogen and oxygen atoms in total. The normalized spacial score (nSPS) is 39.5. The Labute approximate surface area is 128 Å². The van der Waals surface area contributed by atoms with Gasteiger partial charge in [-0.1, -0.05) is 0 Å². The lowest BCUT2D eigenvalue weighted by atomic mass is 9.52. The maximum absolute atomic E-state index is 14.3. The third kappa shape index (κ3) is 1.75. The number of pyridine rings is 1. The highest BCUT2D eigenvalue weighted by atomic mass is 19.1. The van der Waals surface area contributed by atoms with Crippen LogP contribution in [0.25, 0.3) is 11.0 Å². The van der Waals surface area contributed by atoms with Crippen molar-refractivity contribution in [3.05, 3.63) is 24.3 Å². The maximum atomic E-state index is 14.3. The number of aromatic amines is 1. The van der Waals surface area contributed by atoms with Crippen LogP contribution in [0.3, 0.4) is 0 Å². The molecule has 0 amide bonds. The van der Waals surface area contributed by atoms with Gasteiger partial charge in [0.25, 0.3) is 0 Å². The van der Waals surface area contributed by atoms with Crippen molar-refractivity contribution in [2.45, 2.75) is 43.7 Å². The first-order valence-corrected chi connectivity index (χ1v) is 8.22. The number of halogens is 1. The number of H-pyrrole nitrogens is 1. The molecule has 6 rings (SSSR count). The number of aliphatic hydroxyl groups is 1. The lowest BCUT2D eigenvalue weighted by Crippen LogP contribution is -2.59. The van der Waals surface area contributed by atoms with Gasteiger partial charge in [0.15, 0.2) is 5.82 Å². The number of rotatable bonds is 2. The maximum Gasteiger partial charge on any atom is 0.165 e. The van der Waals surface area contributed by atoms with E-state index in [0.29, 0.717) is 29.1 Å². The summed E-state index contributed by atoms with van der Waals surface area (Å²) < 4.78 is 14.3. The number of anilines is 1. The van der Waals surface area contributed by atoms with Crippen molar-refractivity contribution in [2.24, 2.45) is 17.8 Å². The predicted molar refractivity (Wildman–Crippen MR) is 82.0 cm³/mol. The smallest absolute Gasteiger partial charge is 0.165 e. The second-order valence-corrected chi connectivity index (χ2v) is 7.59. The molecular formula is C17H20FN3O. The van der Waals surface area contributed by atoms with Crippen LogP contribution in [-0.4, -0.2) is 26.7 Å². The molecule has 2 unspecified atom stereocenters. The fraction of sp³-hybridized carbons (Fsp3) is 0.588. The summed E-state index contributed by atoms with van der Waals surface area (Å²) in [5.41, 5.74) is 0.830. The molecule has 0 saturated heterocycles. The van der Waals surface area contributed by atoms with Crippen molar-refractivity contribution in [2.75, 3.05) is 5.32 Å². The number of aromatic nitrogens is 2. The van der Waals surface area contributed by atoms with Crippen molar-refractivity contribution in [1.82, 2.24) is 9.97 Å². The molecule has 116 valence electrons. The van der Waals surface area contributed by atoms with Gasteiger partial charge in [0.05, 0.1) is 17.5 Å². The van der Waals surface area contributed by atoms with E-state index in [1.54, 1.807) is 6.20 Å². The van der Waals surface area contributed by atoms with Gasteiger partial charge in [-0.2, -0.15) is 0 Å². The average molecular weight is 301 g/mol. The number of nitrogens with one attached hydrogen (secondary N) is 2. The summed E-state index contributed by atoms with van der Waals surface area (Å²) >= 11 is 0. The molecule has 4 fully saturated rings. The summed E-state index contributed by atoms with van der Waals surface area (Å²) in [6, 6.07) is 2.14. The second-order valence-electron chi connectivity index (χ2n) is 7.59. The van der Waals surface area contributed by atoms with Crippen LogP contribution in [0.2, 0.25) is 0 Å². The van der Waals surface area contributed by atoms with Crippen LogP contribution in [0.5, 0.6) is 0 Å². The average Bonchev–Trinajstić information content (AvgIpc) is 2.91. The lowest BCUT2D eigenvalue weighted by molar-refractivity contribution is -0.129. The first kappa shape index (κ1) is 12.9. The minimum absolute atomic E-state index is 0.270. The molecule has 4 aliphatic carbocycles. The van der Waals surface area contributed by atoms with Gasteiger partial charge in [0.1, 0.15) is 5.65 Å². The third-order valence-electron chi connectivity index (χ3n) is 6.09. The van der Waals surface area contributed by atoms with E-state index in [4.69, 9.17) is 0 Å². The molecule has 0 aromatic carbocycles. The molecule has 4 saturated carbocycles. The standard InChI is InChI=1S/C17H20FN3O/c18-13-8-20-16-12(1-2-19-16)15(13)21-14-10-3-9-4-11(14)7-17(22,5-9)6-10/h1-2,8-11,14,22H,3-7H2,(H2,19,20,21)/t9?,10?,11?,14-,17+. The van der Waals surface area contributed by atoms with Crippen LogP contribution in [0, 0.1) is 23.6 Å². The topological polar surface area (TPSA) is 60.9 Å². The fourth-order valence-corrected chi connectivity index (χ4v) is 5.51. The molecule has 2 heterocycles. The molecule has 2 aromatic rings. The zero-order chi connectivity index (χ0) is 14.9. The molecule has 0 aliphatic heterocycles. The van der Waals surface area contributed by atoms with E-state index in [-0.39, 0.29) is 11.9 Å². The highest BCUT2D eigenvalue weighted by molar-refractivity contribution is 5.89. The molecule has 5 heteroatoms. The summed E-state index contributed by atoms with van der Waals surface area (Å²) in [4.78, 5) is 7.12. The quantitative estimate of drug-likeness (QED) is 0.799. The highest BCUT2D eigenvalue weighted by Gasteiger charge is 2.54. The summed E-state index contributed by atoms with van der Waals surface area (Å²) in [5, 5.41) is 15.0. The molecule has 4 aliphatic rings. The van der Waals surface area contributed by atoms with Gasteiger partial charge in [-0.25, -0.2) is 9.37 Å². The Hall–Kier alpha value is -1.62. The van der Waals surface area contributed by atoms with E-state index in [1.165, 1.54) is 19.0 Å². The Kier molecular flexibility index (Phi) is 2.47. The molecule has 0 radical (unpaired) electrons. The Morgan fingerprint density at radius 1 is 1.27 bits per heavy atom. The van der Waals surface area contributed by atoms with Crippen LogP contribution >= 0.6 is 0 Å². The summed E-state index contributed by atoms with van der Waals surface area (Å²) in [7, 11) is 0. The van der Waals surface area contributed by atoms with Gasteiger partial charge in [-0.15, -0.1) is 0 Å². The van der Waals surface area contributed by atoms with E-state index in [9.17, 15) is 9.50 Å². The Morgan fingerprint density at radius 2 is 2.05 bits per heavy atom. The first-order chi connectivity index (χ1) is 10.6. The predicted octanol–water partition coefficient (Wildman–Crippen LogP) is 3.05. The summed E-state index contributed by atoms with van der Waals surface area (Å²) in [5.74, 6) is 1.28. The van der Waals surface area contributed by atoms with Crippen molar-refractivity contribution in [3.8, 4) is 0 Å². The number of fused-ring (bicyclic) bond motifs is 1. The molecule has 2 aromatic heterocycles. The minimum atomic E-state index is -0.450. The number of hydrogen-bond acceptors (Lipinski definition) is 3. The van der Waals surface area contributed by atoms with E-state index in [0.717, 1.165) is 24.6 Å². The number of hydrogen-bond donors (Lipinski definition) is 3. The van der Waals surface area contributed by atoms with Crippen LogP contribution in [-0.2, 0) is 0 Å². The van der Waals surface area contributed by atoms with Gasteiger partial charge >= 0.3 is 0 Å². The molecule has 0 spiro atoms. The molecule has 3 N–H and O–H groups in total. The van der Waals surface area contributed by atoms with Crippen LogP contribution in [0.15, 0.2) is 18.5 Å². The molecule has 4 bridgehead atoms. The van der Waals surface area contributed by atoms with Crippen LogP contribution in [0.4, 0.5) is 10.1 Å². The Morgan fingerprint density at radius 3 is 2.77 bits per heavy atom. The molecular weight excluding hydrogens is 281 g/mol. The van der Waals surface area contributed by atoms with Crippen LogP contribution < -0.4 is 5.32 Å². The zero-order valence-corrected chi connectivity index (χ0v) is 12.3. The minimum Gasteiger partial charge on any atom is -0.390 e. The van der Waals surface area contributed by atoms with Gasteiger partial charge < -0.3 is 15.4 Å². The van der Waals surface area contributed by atoms with E-state index in [1.807, 2.05) is 6.07 Å². The highest BCUT2D eigenvalue weighted by Crippen LogP contribution is 2.56. The Bertz CT molecular complexity index is 727. The summed E-state index contributed by atoms with van der Waals surface area (Å²) in [6.45, 7) is 0. The SMILES string of the molecule is O[C@]12CC3CC(C1)[C@H](Nc1c(F)cnc4[nH]ccc14)C(C3)C2. The van der Waals surface area contributed by atoms with E-state index in [2.05, 4.69) is 15.3 Å². The molecule has 22 heavy (non-hydrogen) atoms. The first-order valence-electron chi connectivity index (χ1n) is 8.22. The van der Waals surface area contributed by atoms with Crippen molar-refractivity contribution in [1.29, 1.82) is 0 Å². The monoisotopic (exact) mass is 301 g/mol. The molecule has 2 atom stereocenters. The van der Waals surface area contributed by atoms with Crippen molar-refractivity contribution >= 4 is 16.7 Å². The van der Waals surface area contributed by atoms with E-state index >= 15 is 0 Å². The van der Waals surface area contributed by atoms with Gasteiger partial charge in [0, 0.05) is 17.6 Å². The van der Waals surface area contributed by atoms with Gasteiger partial charge in [-0.05, 0) is 55.9 Å². The Balaban J connectivity index is 1.51. The summed E-state index contributed by atoms with van der Waals surface area (Å²) in [6.07, 6.45) is 8.10. The number of nitrogens with zero attached hydrogens (tertiary/aromatic N) is 1. The third-order valence-corrected chi connectivity index (χ3v) is 6.09. The lowest BCUT2D eigenvalue weighted by Gasteiger charge is -2.58. The largest absolute Gasteiger partial charge is 0.390 e. The fourth-order valence-electron chi connectivity index (χ4n) is 5.51. The van der Waals surface area contributed by atoms with Crippen molar-refractivity contribution < 1.29 is 9.50 Å². The van der Waals surface area contributed by atoms with Crippen LogP contribution in [0.1, 0.15) is 32.1 Å². The van der Waals surface area contributed by atoms with Gasteiger partial charge in [-0.3, -0.25) is 0 Å². The zero-order valence-electron chi connectivity index (χ0n) is 12.3. The van der Waals surface area contributed by atoms with E-state index < -0.39 is 5.60 Å². The van der Waals surface area contributed by atoms with Crippen molar-refractivity contribution in [3.63, 3.8) is 0 Å².